The molecule has 3 atom stereocenters. The van der Waals surface area contributed by atoms with Crippen LogP contribution in [0.1, 0.15) is 66.7 Å². The Morgan fingerprint density at radius 1 is 1.26 bits per heavy atom. The second kappa shape index (κ2) is 7.08. The van der Waals surface area contributed by atoms with Crippen molar-refractivity contribution in [2.24, 2.45) is 17.3 Å². The SMILES string of the molecule is CCC(C)(C)C1CCC(O)C(N(C)CCC(C)C)C1. The van der Waals surface area contributed by atoms with Crippen LogP contribution in [0.3, 0.4) is 0 Å². The summed E-state index contributed by atoms with van der Waals surface area (Å²) < 4.78 is 0. The van der Waals surface area contributed by atoms with E-state index < -0.39 is 0 Å². The maximum Gasteiger partial charge on any atom is 0.0695 e. The molecule has 0 aromatic rings. The molecule has 2 nitrogen and oxygen atoms in total. The molecule has 0 heterocycles. The number of rotatable bonds is 6. The van der Waals surface area contributed by atoms with Gasteiger partial charge in [-0.05, 0) is 56.5 Å². The molecule has 0 spiro atoms. The van der Waals surface area contributed by atoms with Gasteiger partial charge >= 0.3 is 0 Å². The van der Waals surface area contributed by atoms with Crippen molar-refractivity contribution in [2.75, 3.05) is 13.6 Å². The molecular formula is C17H35NO. The topological polar surface area (TPSA) is 23.5 Å². The van der Waals surface area contributed by atoms with E-state index in [9.17, 15) is 5.11 Å². The van der Waals surface area contributed by atoms with Gasteiger partial charge in [0.05, 0.1) is 6.10 Å². The van der Waals surface area contributed by atoms with Crippen molar-refractivity contribution in [1.82, 2.24) is 4.90 Å². The summed E-state index contributed by atoms with van der Waals surface area (Å²) in [6.07, 6.45) is 5.66. The molecule has 19 heavy (non-hydrogen) atoms. The van der Waals surface area contributed by atoms with E-state index in [1.54, 1.807) is 0 Å². The van der Waals surface area contributed by atoms with E-state index >= 15 is 0 Å². The smallest absolute Gasteiger partial charge is 0.0695 e. The van der Waals surface area contributed by atoms with Gasteiger partial charge in [0.2, 0.25) is 0 Å². The molecule has 1 fully saturated rings. The van der Waals surface area contributed by atoms with Gasteiger partial charge in [0.15, 0.2) is 0 Å². The van der Waals surface area contributed by atoms with Gasteiger partial charge in [-0.1, -0.05) is 41.0 Å². The summed E-state index contributed by atoms with van der Waals surface area (Å²) in [7, 11) is 2.19. The van der Waals surface area contributed by atoms with Crippen molar-refractivity contribution >= 4 is 0 Å². The molecule has 0 radical (unpaired) electrons. The highest BCUT2D eigenvalue weighted by Crippen LogP contribution is 2.41. The Bertz CT molecular complexity index is 262. The molecular weight excluding hydrogens is 234 g/mol. The van der Waals surface area contributed by atoms with Gasteiger partial charge < -0.3 is 10.0 Å². The van der Waals surface area contributed by atoms with Crippen molar-refractivity contribution in [2.45, 2.75) is 78.9 Å². The van der Waals surface area contributed by atoms with Crippen LogP contribution in [0.15, 0.2) is 0 Å². The number of hydrogen-bond acceptors (Lipinski definition) is 2. The molecule has 0 amide bonds. The molecule has 2 heteroatoms. The van der Waals surface area contributed by atoms with Crippen LogP contribution >= 0.6 is 0 Å². The predicted molar refractivity (Wildman–Crippen MR) is 83.3 cm³/mol. The fourth-order valence-corrected chi connectivity index (χ4v) is 3.23. The lowest BCUT2D eigenvalue weighted by Gasteiger charge is -2.44. The zero-order valence-corrected chi connectivity index (χ0v) is 13.9. The maximum atomic E-state index is 10.3. The first-order valence-electron chi connectivity index (χ1n) is 8.16. The van der Waals surface area contributed by atoms with Gasteiger partial charge in [0.1, 0.15) is 0 Å². The number of aliphatic hydroxyl groups excluding tert-OH is 1. The summed E-state index contributed by atoms with van der Waals surface area (Å²) in [6.45, 7) is 12.7. The third kappa shape index (κ3) is 4.75. The summed E-state index contributed by atoms with van der Waals surface area (Å²) in [4.78, 5) is 2.41. The molecule has 0 aliphatic heterocycles. The minimum Gasteiger partial charge on any atom is -0.391 e. The normalized spacial score (nSPS) is 29.2. The number of likely N-dealkylation sites (N-methyl/N-ethyl adjacent to an activating group) is 1. The Labute approximate surface area is 120 Å². The highest BCUT2D eigenvalue weighted by Gasteiger charge is 2.37. The summed E-state index contributed by atoms with van der Waals surface area (Å²) >= 11 is 0. The minimum atomic E-state index is -0.124. The van der Waals surface area contributed by atoms with Crippen molar-refractivity contribution in [3.8, 4) is 0 Å². The van der Waals surface area contributed by atoms with Crippen molar-refractivity contribution < 1.29 is 5.11 Å². The summed E-state index contributed by atoms with van der Waals surface area (Å²) in [6, 6.07) is 0.364. The van der Waals surface area contributed by atoms with Gasteiger partial charge in [0.25, 0.3) is 0 Å². The van der Waals surface area contributed by atoms with E-state index in [1.807, 2.05) is 0 Å². The van der Waals surface area contributed by atoms with E-state index in [0.717, 1.165) is 31.2 Å². The highest BCUT2D eigenvalue weighted by molar-refractivity contribution is 4.90. The molecule has 1 aliphatic rings. The lowest BCUT2D eigenvalue weighted by atomic mass is 9.67. The number of aliphatic hydroxyl groups is 1. The Morgan fingerprint density at radius 3 is 2.42 bits per heavy atom. The van der Waals surface area contributed by atoms with Gasteiger partial charge in [-0.15, -0.1) is 0 Å². The molecule has 0 saturated heterocycles. The summed E-state index contributed by atoms with van der Waals surface area (Å²) in [5, 5.41) is 10.3. The largest absolute Gasteiger partial charge is 0.391 e. The summed E-state index contributed by atoms with van der Waals surface area (Å²) in [5.74, 6) is 1.50. The van der Waals surface area contributed by atoms with E-state index in [4.69, 9.17) is 0 Å². The average molecular weight is 269 g/mol. The van der Waals surface area contributed by atoms with Crippen molar-refractivity contribution in [1.29, 1.82) is 0 Å². The van der Waals surface area contributed by atoms with Gasteiger partial charge in [0, 0.05) is 6.04 Å². The quantitative estimate of drug-likeness (QED) is 0.790. The van der Waals surface area contributed by atoms with E-state index in [1.165, 1.54) is 19.3 Å². The lowest BCUT2D eigenvalue weighted by molar-refractivity contribution is -0.0129. The van der Waals surface area contributed by atoms with E-state index in [0.29, 0.717) is 11.5 Å². The monoisotopic (exact) mass is 269 g/mol. The molecule has 1 N–H and O–H groups in total. The zero-order chi connectivity index (χ0) is 14.6. The Balaban J connectivity index is 2.60. The Hall–Kier alpha value is -0.0800. The second-order valence-electron chi connectivity index (χ2n) is 7.65. The van der Waals surface area contributed by atoms with Gasteiger partial charge in [-0.25, -0.2) is 0 Å². The Morgan fingerprint density at radius 2 is 1.89 bits per heavy atom. The van der Waals surface area contributed by atoms with Crippen LogP contribution in [0.25, 0.3) is 0 Å². The van der Waals surface area contributed by atoms with Crippen LogP contribution < -0.4 is 0 Å². The van der Waals surface area contributed by atoms with Crippen LogP contribution in [0.2, 0.25) is 0 Å². The van der Waals surface area contributed by atoms with Crippen LogP contribution in [0, 0.1) is 17.3 Å². The Kier molecular flexibility index (Phi) is 6.32. The van der Waals surface area contributed by atoms with Crippen LogP contribution in [0.4, 0.5) is 0 Å². The third-order valence-corrected chi connectivity index (χ3v) is 5.42. The fourth-order valence-electron chi connectivity index (χ4n) is 3.23. The van der Waals surface area contributed by atoms with Crippen LogP contribution in [-0.2, 0) is 0 Å². The zero-order valence-electron chi connectivity index (χ0n) is 13.9. The molecule has 1 saturated carbocycles. The maximum absolute atomic E-state index is 10.3. The van der Waals surface area contributed by atoms with Crippen LogP contribution in [-0.4, -0.2) is 35.7 Å². The molecule has 1 rings (SSSR count). The van der Waals surface area contributed by atoms with Gasteiger partial charge in [-0.3, -0.25) is 0 Å². The average Bonchev–Trinajstić information content (AvgIpc) is 2.36. The van der Waals surface area contributed by atoms with Crippen molar-refractivity contribution in [3.63, 3.8) is 0 Å². The summed E-state index contributed by atoms with van der Waals surface area (Å²) in [5.41, 5.74) is 0.414. The number of nitrogens with zero attached hydrogens (tertiary/aromatic N) is 1. The first-order chi connectivity index (χ1) is 8.77. The standard InChI is InChI=1S/C17H35NO/c1-7-17(4,5)14-8-9-16(19)15(12-14)18(6)11-10-13(2)3/h13-16,19H,7-12H2,1-6H3. The number of hydrogen-bond donors (Lipinski definition) is 1. The minimum absolute atomic E-state index is 0.124. The highest BCUT2D eigenvalue weighted by atomic mass is 16.3. The van der Waals surface area contributed by atoms with E-state index in [-0.39, 0.29) is 6.10 Å². The van der Waals surface area contributed by atoms with E-state index in [2.05, 4.69) is 46.6 Å². The van der Waals surface area contributed by atoms with Crippen LogP contribution in [0.5, 0.6) is 0 Å². The molecule has 0 aromatic carbocycles. The molecule has 3 unspecified atom stereocenters. The first kappa shape index (κ1) is 17.0. The third-order valence-electron chi connectivity index (χ3n) is 5.42. The van der Waals surface area contributed by atoms with Gasteiger partial charge in [-0.2, -0.15) is 0 Å². The first-order valence-corrected chi connectivity index (χ1v) is 8.16. The lowest BCUT2D eigenvalue weighted by Crippen LogP contribution is -2.48. The molecule has 0 bridgehead atoms. The van der Waals surface area contributed by atoms with Crippen molar-refractivity contribution in [3.05, 3.63) is 0 Å². The second-order valence-corrected chi connectivity index (χ2v) is 7.65. The molecule has 114 valence electrons. The fraction of sp³-hybridized carbons (Fsp3) is 1.00. The molecule has 1 aliphatic carbocycles. The predicted octanol–water partition coefficient (Wildman–Crippen LogP) is 3.93. The molecule has 0 aromatic heterocycles.